The van der Waals surface area contributed by atoms with Crippen LogP contribution < -0.4 is 4.74 Å². The number of hydrogen-bond donors (Lipinski definition) is 0. The summed E-state index contributed by atoms with van der Waals surface area (Å²) in [5.74, 6) is 0.878. The second kappa shape index (κ2) is 8.19. The van der Waals surface area contributed by atoms with Crippen molar-refractivity contribution in [1.82, 2.24) is 14.7 Å². The van der Waals surface area contributed by atoms with Gasteiger partial charge in [0.1, 0.15) is 5.75 Å². The Morgan fingerprint density at radius 1 is 1.24 bits per heavy atom. The molecule has 1 aromatic carbocycles. The Morgan fingerprint density at radius 2 is 2.00 bits per heavy atom. The molecule has 2 aliphatic rings. The van der Waals surface area contributed by atoms with Crippen molar-refractivity contribution in [3.05, 3.63) is 29.8 Å². The summed E-state index contributed by atoms with van der Waals surface area (Å²) >= 11 is 0. The summed E-state index contributed by atoms with van der Waals surface area (Å²) in [5, 5.41) is 0. The summed E-state index contributed by atoms with van der Waals surface area (Å²) < 4.78 is 5.87. The van der Waals surface area contributed by atoms with Crippen LogP contribution in [0.5, 0.6) is 5.75 Å². The molecule has 2 saturated heterocycles. The van der Waals surface area contributed by atoms with E-state index in [9.17, 15) is 4.79 Å². The Kier molecular flexibility index (Phi) is 5.97. The van der Waals surface area contributed by atoms with Crippen molar-refractivity contribution in [2.75, 3.05) is 45.8 Å². The molecule has 2 fully saturated rings. The lowest BCUT2D eigenvalue weighted by Crippen LogP contribution is -2.51. The Bertz CT molecular complexity index is 584. The molecule has 1 aromatic rings. The van der Waals surface area contributed by atoms with Gasteiger partial charge >= 0.3 is 0 Å². The molecule has 2 atom stereocenters. The van der Waals surface area contributed by atoms with Gasteiger partial charge in [0.2, 0.25) is 0 Å². The Balaban J connectivity index is 1.50. The number of amides is 1. The van der Waals surface area contributed by atoms with Gasteiger partial charge in [0.25, 0.3) is 5.91 Å². The molecular weight excluding hydrogens is 314 g/mol. The van der Waals surface area contributed by atoms with Crippen LogP contribution in [0, 0.1) is 6.92 Å². The first-order chi connectivity index (χ1) is 12.1. The van der Waals surface area contributed by atoms with Gasteiger partial charge in [-0.15, -0.1) is 0 Å². The maximum Gasteiger partial charge on any atom is 0.263 e. The molecule has 0 unspecified atom stereocenters. The van der Waals surface area contributed by atoms with Gasteiger partial charge in [0, 0.05) is 45.3 Å². The topological polar surface area (TPSA) is 36.0 Å². The second-order valence-electron chi connectivity index (χ2n) is 7.27. The van der Waals surface area contributed by atoms with E-state index in [0.29, 0.717) is 6.04 Å². The van der Waals surface area contributed by atoms with Crippen molar-refractivity contribution in [1.29, 1.82) is 0 Å². The van der Waals surface area contributed by atoms with Crippen LogP contribution in [0.25, 0.3) is 0 Å². The van der Waals surface area contributed by atoms with Gasteiger partial charge in [-0.05, 0) is 44.5 Å². The van der Waals surface area contributed by atoms with E-state index >= 15 is 0 Å². The summed E-state index contributed by atoms with van der Waals surface area (Å²) in [6.07, 6.45) is 0.646. The molecule has 0 aromatic heterocycles. The van der Waals surface area contributed by atoms with Gasteiger partial charge in [-0.3, -0.25) is 9.69 Å². The first-order valence-electron chi connectivity index (χ1n) is 9.55. The van der Waals surface area contributed by atoms with Crippen molar-refractivity contribution in [3.63, 3.8) is 0 Å². The van der Waals surface area contributed by atoms with Gasteiger partial charge < -0.3 is 14.5 Å². The number of likely N-dealkylation sites (tertiary alicyclic amines) is 1. The van der Waals surface area contributed by atoms with Crippen LogP contribution in [0.2, 0.25) is 0 Å². The third-order valence-electron chi connectivity index (χ3n) is 5.50. The predicted octanol–water partition coefficient (Wildman–Crippen LogP) is 2.00. The van der Waals surface area contributed by atoms with Gasteiger partial charge in [-0.2, -0.15) is 0 Å². The van der Waals surface area contributed by atoms with Crippen LogP contribution >= 0.6 is 0 Å². The highest BCUT2D eigenvalue weighted by Gasteiger charge is 2.33. The molecule has 0 N–H and O–H groups in total. The number of nitrogens with zero attached hydrogens (tertiary/aromatic N) is 3. The number of hydrogen-bond acceptors (Lipinski definition) is 4. The molecule has 3 rings (SSSR count). The molecule has 0 radical (unpaired) electrons. The Labute approximate surface area is 151 Å². The molecule has 0 saturated carbocycles. The first-order valence-corrected chi connectivity index (χ1v) is 9.55. The minimum absolute atomic E-state index is 0.108. The molecular formula is C20H31N3O2. The minimum Gasteiger partial charge on any atom is -0.481 e. The number of benzene rings is 1. The van der Waals surface area contributed by atoms with Crippen LogP contribution in [0.4, 0.5) is 0 Å². The largest absolute Gasteiger partial charge is 0.481 e. The lowest BCUT2D eigenvalue weighted by molar-refractivity contribution is -0.137. The molecule has 0 spiro atoms. The molecule has 5 heteroatoms. The zero-order valence-electron chi connectivity index (χ0n) is 15.8. The molecule has 2 aliphatic heterocycles. The van der Waals surface area contributed by atoms with Crippen molar-refractivity contribution in [3.8, 4) is 5.75 Å². The van der Waals surface area contributed by atoms with Gasteiger partial charge in [-0.25, -0.2) is 0 Å². The Hall–Kier alpha value is -1.59. The number of carbonyl (C=O) groups excluding carboxylic acids is 1. The maximum absolute atomic E-state index is 12.7. The van der Waals surface area contributed by atoms with E-state index in [1.807, 2.05) is 43.0 Å². The van der Waals surface area contributed by atoms with Crippen molar-refractivity contribution >= 4 is 5.91 Å². The van der Waals surface area contributed by atoms with E-state index in [-0.39, 0.29) is 5.91 Å². The van der Waals surface area contributed by atoms with E-state index in [1.165, 1.54) is 0 Å². The maximum atomic E-state index is 12.7. The zero-order chi connectivity index (χ0) is 17.8. The second-order valence-corrected chi connectivity index (χ2v) is 7.27. The lowest BCUT2D eigenvalue weighted by atomic mass is 10.2. The molecule has 1 amide bonds. The van der Waals surface area contributed by atoms with Crippen LogP contribution in [-0.4, -0.2) is 78.6 Å². The van der Waals surface area contributed by atoms with Gasteiger partial charge in [-0.1, -0.05) is 19.1 Å². The number of ether oxygens (including phenoxy) is 1. The fourth-order valence-corrected chi connectivity index (χ4v) is 3.89. The SMILES string of the molecule is CCN1CCN([C@H]2CCN(C(=O)[C@@H](C)Oc3cccc(C)c3)C2)CC1. The standard InChI is InChI=1S/C20H31N3O2/c1-4-21-10-12-22(13-11-21)18-8-9-23(15-18)20(24)17(3)25-19-7-5-6-16(2)14-19/h5-7,14,17-18H,4,8-13,15H2,1-3H3/t17-,18+/m1/s1. The van der Waals surface area contributed by atoms with Gasteiger partial charge in [0.05, 0.1) is 0 Å². The summed E-state index contributed by atoms with van der Waals surface area (Å²) in [7, 11) is 0. The fourth-order valence-electron chi connectivity index (χ4n) is 3.89. The van der Waals surface area contributed by atoms with Crippen molar-refractivity contribution < 1.29 is 9.53 Å². The monoisotopic (exact) mass is 345 g/mol. The highest BCUT2D eigenvalue weighted by Crippen LogP contribution is 2.20. The predicted molar refractivity (Wildman–Crippen MR) is 99.9 cm³/mol. The smallest absolute Gasteiger partial charge is 0.263 e. The van der Waals surface area contributed by atoms with Crippen LogP contribution in [0.1, 0.15) is 25.8 Å². The fraction of sp³-hybridized carbons (Fsp3) is 0.650. The molecule has 0 aliphatic carbocycles. The van der Waals surface area contributed by atoms with Crippen molar-refractivity contribution in [2.24, 2.45) is 0 Å². The quantitative estimate of drug-likeness (QED) is 0.818. The number of likely N-dealkylation sites (N-methyl/N-ethyl adjacent to an activating group) is 1. The van der Waals surface area contributed by atoms with E-state index in [1.54, 1.807) is 0 Å². The van der Waals surface area contributed by atoms with Crippen LogP contribution in [-0.2, 0) is 4.79 Å². The molecule has 2 heterocycles. The number of aryl methyl sites for hydroxylation is 1. The molecule has 0 bridgehead atoms. The molecule has 25 heavy (non-hydrogen) atoms. The van der Waals surface area contributed by atoms with Crippen molar-refractivity contribution in [2.45, 2.75) is 39.3 Å². The first kappa shape index (κ1) is 18.2. The number of carbonyl (C=O) groups is 1. The van der Waals surface area contributed by atoms with E-state index in [2.05, 4.69) is 16.7 Å². The normalized spacial score (nSPS) is 23.6. The van der Waals surface area contributed by atoms with Gasteiger partial charge in [0.15, 0.2) is 6.10 Å². The third kappa shape index (κ3) is 4.53. The zero-order valence-corrected chi connectivity index (χ0v) is 15.8. The lowest BCUT2D eigenvalue weighted by Gasteiger charge is -2.37. The van der Waals surface area contributed by atoms with Crippen LogP contribution in [0.3, 0.4) is 0 Å². The summed E-state index contributed by atoms with van der Waals surface area (Å²) in [5.41, 5.74) is 1.14. The van der Waals surface area contributed by atoms with E-state index in [0.717, 1.165) is 63.5 Å². The number of piperazine rings is 1. The van der Waals surface area contributed by atoms with E-state index < -0.39 is 6.10 Å². The summed E-state index contributed by atoms with van der Waals surface area (Å²) in [6.45, 7) is 13.5. The van der Waals surface area contributed by atoms with E-state index in [4.69, 9.17) is 4.74 Å². The Morgan fingerprint density at radius 3 is 2.68 bits per heavy atom. The molecule has 5 nitrogen and oxygen atoms in total. The molecule has 138 valence electrons. The summed E-state index contributed by atoms with van der Waals surface area (Å²) in [4.78, 5) is 19.8. The third-order valence-corrected chi connectivity index (χ3v) is 5.50. The highest BCUT2D eigenvalue weighted by molar-refractivity contribution is 5.81. The summed E-state index contributed by atoms with van der Waals surface area (Å²) in [6, 6.07) is 8.39. The minimum atomic E-state index is -0.433. The van der Waals surface area contributed by atoms with Crippen LogP contribution in [0.15, 0.2) is 24.3 Å². The average molecular weight is 345 g/mol. The highest BCUT2D eigenvalue weighted by atomic mass is 16.5. The average Bonchev–Trinajstić information content (AvgIpc) is 3.11. The number of rotatable bonds is 5.